The molecule has 0 saturated heterocycles. The van der Waals surface area contributed by atoms with Crippen LogP contribution in [0.3, 0.4) is 0 Å². The van der Waals surface area contributed by atoms with Gasteiger partial charge in [0.25, 0.3) is 0 Å². The fourth-order valence-electron chi connectivity index (χ4n) is 2.41. The Kier molecular flexibility index (Phi) is 2.89. The van der Waals surface area contributed by atoms with Gasteiger partial charge in [-0.15, -0.1) is 0 Å². The van der Waals surface area contributed by atoms with E-state index in [-0.39, 0.29) is 5.91 Å². The topological polar surface area (TPSA) is 51.2 Å². The molecule has 2 heterocycles. The van der Waals surface area contributed by atoms with Gasteiger partial charge < -0.3 is 10.1 Å². The number of methoxy groups -OCH3 is 1. The highest BCUT2D eigenvalue weighted by Gasteiger charge is 2.28. The lowest BCUT2D eigenvalue weighted by molar-refractivity contribution is -0.117. The quantitative estimate of drug-likeness (QED) is 0.868. The number of ether oxygens (including phenoxy) is 1. The molecule has 3 rings (SSSR count). The van der Waals surface area contributed by atoms with Crippen LogP contribution in [0.25, 0.3) is 11.1 Å². The first-order valence-electron chi connectivity index (χ1n) is 6.25. The predicted octanol–water partition coefficient (Wildman–Crippen LogP) is 2.95. The largest absolute Gasteiger partial charge is 0.497 e. The molecule has 5 heteroatoms. The first-order valence-corrected chi connectivity index (χ1v) is 6.25. The number of amides is 1. The van der Waals surface area contributed by atoms with E-state index in [2.05, 4.69) is 10.3 Å². The minimum absolute atomic E-state index is 0.212. The van der Waals surface area contributed by atoms with Crippen molar-refractivity contribution in [2.45, 2.75) is 12.8 Å². The van der Waals surface area contributed by atoms with Crippen LogP contribution in [-0.4, -0.2) is 18.0 Å². The fraction of sp³-hybridized carbons (Fsp3) is 0.200. The molecule has 1 aromatic heterocycles. The molecule has 4 nitrogen and oxygen atoms in total. The number of fused-ring (bicyclic) bond motifs is 3. The van der Waals surface area contributed by atoms with E-state index in [1.54, 1.807) is 31.3 Å². The highest BCUT2D eigenvalue weighted by molar-refractivity contribution is 6.03. The van der Waals surface area contributed by atoms with Gasteiger partial charge >= 0.3 is 0 Å². The first-order chi connectivity index (χ1) is 9.61. The Labute approximate surface area is 115 Å². The lowest BCUT2D eigenvalue weighted by Gasteiger charge is -2.11. The van der Waals surface area contributed by atoms with Gasteiger partial charge in [-0.25, -0.2) is 4.39 Å². The number of halogens is 1. The number of nitrogens with zero attached hydrogens (tertiary/aromatic N) is 1. The van der Waals surface area contributed by atoms with Crippen molar-refractivity contribution in [2.75, 3.05) is 12.4 Å². The van der Waals surface area contributed by atoms with E-state index < -0.39 is 11.7 Å². The fourth-order valence-corrected chi connectivity index (χ4v) is 2.41. The number of hydrogen-bond donors (Lipinski definition) is 1. The summed E-state index contributed by atoms with van der Waals surface area (Å²) in [4.78, 5) is 16.4. The van der Waals surface area contributed by atoms with E-state index in [4.69, 9.17) is 4.74 Å². The van der Waals surface area contributed by atoms with Crippen molar-refractivity contribution < 1.29 is 13.9 Å². The molecule has 0 saturated carbocycles. The zero-order chi connectivity index (χ0) is 14.3. The zero-order valence-corrected chi connectivity index (χ0v) is 11.1. The Hall–Kier alpha value is -2.43. The molecule has 2 aromatic rings. The Morgan fingerprint density at radius 3 is 2.95 bits per heavy atom. The summed E-state index contributed by atoms with van der Waals surface area (Å²) in [5, 5.41) is 2.74. The molecule has 0 bridgehead atoms. The van der Waals surface area contributed by atoms with Gasteiger partial charge in [0, 0.05) is 29.5 Å². The number of anilines is 1. The number of nitrogens with one attached hydrogen (secondary N) is 1. The van der Waals surface area contributed by atoms with Crippen LogP contribution in [-0.2, 0) is 4.79 Å². The minimum Gasteiger partial charge on any atom is -0.497 e. The van der Waals surface area contributed by atoms with Crippen molar-refractivity contribution >= 4 is 11.6 Å². The van der Waals surface area contributed by atoms with E-state index in [1.807, 2.05) is 0 Å². The van der Waals surface area contributed by atoms with Crippen molar-refractivity contribution in [1.82, 2.24) is 4.98 Å². The summed E-state index contributed by atoms with van der Waals surface area (Å²) in [6.07, 6.45) is 1.61. The van der Waals surface area contributed by atoms with Crippen molar-refractivity contribution in [1.29, 1.82) is 0 Å². The molecule has 1 aliphatic heterocycles. The monoisotopic (exact) mass is 272 g/mol. The van der Waals surface area contributed by atoms with Crippen molar-refractivity contribution in [3.8, 4) is 16.9 Å². The number of carbonyl (C=O) groups is 1. The van der Waals surface area contributed by atoms with Crippen LogP contribution in [0.2, 0.25) is 0 Å². The van der Waals surface area contributed by atoms with E-state index in [0.717, 1.165) is 0 Å². The standard InChI is InChI=1S/C15H13FN2O2/c1-8-14-10(4-3-5-17-14)13-11(16)6-9(20-2)7-12(13)18-15(8)19/h3-8H,1-2H3,(H,18,19). The summed E-state index contributed by atoms with van der Waals surface area (Å²) < 4.78 is 19.4. The van der Waals surface area contributed by atoms with Crippen LogP contribution in [0.15, 0.2) is 30.5 Å². The number of benzene rings is 1. The minimum atomic E-state index is -0.442. The van der Waals surface area contributed by atoms with Gasteiger partial charge in [-0.3, -0.25) is 9.78 Å². The molecule has 1 amide bonds. The Balaban J connectivity index is 2.33. The molecule has 1 N–H and O–H groups in total. The zero-order valence-electron chi connectivity index (χ0n) is 11.1. The lowest BCUT2D eigenvalue weighted by atomic mass is 9.97. The smallest absolute Gasteiger partial charge is 0.233 e. The van der Waals surface area contributed by atoms with E-state index in [9.17, 15) is 9.18 Å². The summed E-state index contributed by atoms with van der Waals surface area (Å²) in [5.74, 6) is -0.732. The lowest BCUT2D eigenvalue weighted by Crippen LogP contribution is -2.18. The molecule has 0 radical (unpaired) electrons. The van der Waals surface area contributed by atoms with Gasteiger partial charge in [0.05, 0.1) is 24.4 Å². The summed E-state index contributed by atoms with van der Waals surface area (Å²) in [5.41, 5.74) is 1.97. The van der Waals surface area contributed by atoms with Crippen LogP contribution in [0, 0.1) is 5.82 Å². The predicted molar refractivity (Wildman–Crippen MR) is 73.2 cm³/mol. The van der Waals surface area contributed by atoms with Crippen molar-refractivity contribution in [3.63, 3.8) is 0 Å². The highest BCUT2D eigenvalue weighted by atomic mass is 19.1. The number of pyridine rings is 1. The third-order valence-electron chi connectivity index (χ3n) is 3.47. The molecule has 102 valence electrons. The molecule has 1 aliphatic rings. The van der Waals surface area contributed by atoms with Crippen molar-refractivity contribution in [3.05, 3.63) is 42.0 Å². The molecule has 1 unspecified atom stereocenters. The second kappa shape index (κ2) is 4.59. The highest BCUT2D eigenvalue weighted by Crippen LogP contribution is 2.40. The molecule has 0 fully saturated rings. The van der Waals surface area contributed by atoms with Crippen LogP contribution >= 0.6 is 0 Å². The number of hydrogen-bond acceptors (Lipinski definition) is 3. The Morgan fingerprint density at radius 2 is 2.20 bits per heavy atom. The van der Waals surface area contributed by atoms with Crippen LogP contribution < -0.4 is 10.1 Å². The van der Waals surface area contributed by atoms with Crippen LogP contribution in [0.4, 0.5) is 10.1 Å². The van der Waals surface area contributed by atoms with E-state index >= 15 is 0 Å². The summed E-state index contributed by atoms with van der Waals surface area (Å²) in [6.45, 7) is 1.75. The van der Waals surface area contributed by atoms with Gasteiger partial charge in [0.2, 0.25) is 5.91 Å². The Morgan fingerprint density at radius 1 is 1.40 bits per heavy atom. The summed E-state index contributed by atoms with van der Waals surface area (Å²) in [7, 11) is 1.46. The van der Waals surface area contributed by atoms with Crippen LogP contribution in [0.5, 0.6) is 5.75 Å². The normalized spacial score (nSPS) is 16.8. The molecule has 0 aliphatic carbocycles. The summed E-state index contributed by atoms with van der Waals surface area (Å²) in [6, 6.07) is 6.42. The van der Waals surface area contributed by atoms with Gasteiger partial charge in [-0.1, -0.05) is 6.07 Å². The third-order valence-corrected chi connectivity index (χ3v) is 3.47. The third kappa shape index (κ3) is 1.82. The first kappa shape index (κ1) is 12.6. The van der Waals surface area contributed by atoms with Gasteiger partial charge in [0.1, 0.15) is 11.6 Å². The maximum absolute atomic E-state index is 14.4. The molecule has 1 aromatic carbocycles. The van der Waals surface area contributed by atoms with Crippen molar-refractivity contribution in [2.24, 2.45) is 0 Å². The maximum Gasteiger partial charge on any atom is 0.233 e. The summed E-state index contributed by atoms with van der Waals surface area (Å²) >= 11 is 0. The second-order valence-electron chi connectivity index (χ2n) is 4.68. The Bertz CT molecular complexity index is 700. The van der Waals surface area contributed by atoms with Gasteiger partial charge in [0.15, 0.2) is 0 Å². The molecular weight excluding hydrogens is 259 g/mol. The number of aromatic nitrogens is 1. The van der Waals surface area contributed by atoms with Gasteiger partial charge in [-0.2, -0.15) is 0 Å². The van der Waals surface area contributed by atoms with E-state index in [1.165, 1.54) is 13.2 Å². The van der Waals surface area contributed by atoms with E-state index in [0.29, 0.717) is 28.3 Å². The number of carbonyl (C=O) groups excluding carboxylic acids is 1. The molecule has 0 spiro atoms. The molecule has 20 heavy (non-hydrogen) atoms. The second-order valence-corrected chi connectivity index (χ2v) is 4.68. The average Bonchev–Trinajstić information content (AvgIpc) is 2.55. The maximum atomic E-state index is 14.4. The SMILES string of the molecule is COc1cc(F)c2c(c1)NC(=O)C(C)c1ncccc1-2. The molecular formula is C15H13FN2O2. The van der Waals surface area contributed by atoms with Crippen LogP contribution in [0.1, 0.15) is 18.5 Å². The number of rotatable bonds is 1. The molecule has 1 atom stereocenters. The average molecular weight is 272 g/mol. The van der Waals surface area contributed by atoms with Gasteiger partial charge in [-0.05, 0) is 13.0 Å².